The number of aryl methyl sites for hydroxylation is 5. The SMILES string of the molecule is Cc1ccc(Cc2ccc(C)c(C)c2)cc1.Cc1ccc(Cc2ccc(C)cc2)cc1. The molecule has 0 fully saturated rings. The number of hydrogen-bond acceptors (Lipinski definition) is 0. The Morgan fingerprint density at radius 1 is 0.355 bits per heavy atom. The van der Waals surface area contributed by atoms with Crippen LogP contribution in [-0.2, 0) is 12.8 Å². The third-order valence-electron chi connectivity index (χ3n) is 5.75. The fraction of sp³-hybridized carbons (Fsp3) is 0.226. The number of hydrogen-bond donors (Lipinski definition) is 0. The van der Waals surface area contributed by atoms with Crippen molar-refractivity contribution in [2.45, 2.75) is 47.5 Å². The topological polar surface area (TPSA) is 0 Å². The van der Waals surface area contributed by atoms with Gasteiger partial charge in [0.1, 0.15) is 0 Å². The zero-order valence-corrected chi connectivity index (χ0v) is 19.6. The Balaban J connectivity index is 0.000000176. The Morgan fingerprint density at radius 3 is 1.03 bits per heavy atom. The second-order valence-corrected chi connectivity index (χ2v) is 8.73. The lowest BCUT2D eigenvalue weighted by Crippen LogP contribution is -1.90. The molecule has 0 nitrogen and oxygen atoms in total. The van der Waals surface area contributed by atoms with Crippen molar-refractivity contribution < 1.29 is 0 Å². The average molecular weight is 407 g/mol. The lowest BCUT2D eigenvalue weighted by atomic mass is 10.00. The molecule has 0 aliphatic rings. The first-order valence-corrected chi connectivity index (χ1v) is 11.1. The quantitative estimate of drug-likeness (QED) is 0.321. The minimum atomic E-state index is 1.03. The third kappa shape index (κ3) is 7.26. The fourth-order valence-corrected chi connectivity index (χ4v) is 3.50. The monoisotopic (exact) mass is 406 g/mol. The molecule has 0 unspecified atom stereocenters. The first-order valence-electron chi connectivity index (χ1n) is 11.1. The number of benzene rings is 4. The van der Waals surface area contributed by atoms with Gasteiger partial charge in [-0.25, -0.2) is 0 Å². The maximum atomic E-state index is 2.29. The van der Waals surface area contributed by atoms with Gasteiger partial charge in [-0.15, -0.1) is 0 Å². The molecule has 0 aromatic heterocycles. The van der Waals surface area contributed by atoms with Crippen molar-refractivity contribution in [3.8, 4) is 0 Å². The minimum Gasteiger partial charge on any atom is -0.0590 e. The highest BCUT2D eigenvalue weighted by Gasteiger charge is 1.99. The maximum Gasteiger partial charge on any atom is -0.00257 e. The summed E-state index contributed by atoms with van der Waals surface area (Å²) in [6.45, 7) is 10.7. The van der Waals surface area contributed by atoms with Crippen molar-refractivity contribution in [2.24, 2.45) is 0 Å². The lowest BCUT2D eigenvalue weighted by Gasteiger charge is -2.06. The molecule has 0 heteroatoms. The van der Waals surface area contributed by atoms with Crippen LogP contribution in [0.1, 0.15) is 50.1 Å². The van der Waals surface area contributed by atoms with Crippen molar-refractivity contribution in [1.82, 2.24) is 0 Å². The molecule has 158 valence electrons. The van der Waals surface area contributed by atoms with Crippen molar-refractivity contribution >= 4 is 0 Å². The first-order chi connectivity index (χ1) is 14.9. The van der Waals surface area contributed by atoms with Crippen LogP contribution in [0, 0.1) is 34.6 Å². The Bertz CT molecular complexity index is 1040. The van der Waals surface area contributed by atoms with Crippen molar-refractivity contribution in [2.75, 3.05) is 0 Å². The van der Waals surface area contributed by atoms with E-state index in [9.17, 15) is 0 Å². The molecule has 0 aliphatic carbocycles. The van der Waals surface area contributed by atoms with Crippen molar-refractivity contribution in [1.29, 1.82) is 0 Å². The van der Waals surface area contributed by atoms with E-state index in [-0.39, 0.29) is 0 Å². The highest BCUT2D eigenvalue weighted by atomic mass is 14.0. The van der Waals surface area contributed by atoms with E-state index in [1.165, 1.54) is 50.1 Å². The molecule has 4 aromatic rings. The summed E-state index contributed by atoms with van der Waals surface area (Å²) in [5.74, 6) is 0. The molecular formula is C31H34. The van der Waals surface area contributed by atoms with Crippen LogP contribution in [0.4, 0.5) is 0 Å². The highest BCUT2D eigenvalue weighted by Crippen LogP contribution is 2.15. The van der Waals surface area contributed by atoms with E-state index in [0.29, 0.717) is 0 Å². The molecule has 0 saturated heterocycles. The molecule has 4 rings (SSSR count). The molecule has 0 heterocycles. The molecule has 0 N–H and O–H groups in total. The zero-order chi connectivity index (χ0) is 22.2. The maximum absolute atomic E-state index is 2.29. The van der Waals surface area contributed by atoms with Crippen molar-refractivity contribution in [3.05, 3.63) is 141 Å². The summed E-state index contributed by atoms with van der Waals surface area (Å²) >= 11 is 0. The van der Waals surface area contributed by atoms with E-state index in [1.54, 1.807) is 0 Å². The molecule has 31 heavy (non-hydrogen) atoms. The summed E-state index contributed by atoms with van der Waals surface area (Å²) in [4.78, 5) is 0. The van der Waals surface area contributed by atoms with Crippen LogP contribution in [0.15, 0.2) is 91.0 Å². The van der Waals surface area contributed by atoms with Gasteiger partial charge in [0.2, 0.25) is 0 Å². The molecule has 0 spiro atoms. The van der Waals surface area contributed by atoms with E-state index in [0.717, 1.165) is 12.8 Å². The molecule has 0 radical (unpaired) electrons. The van der Waals surface area contributed by atoms with Crippen LogP contribution >= 0.6 is 0 Å². The van der Waals surface area contributed by atoms with Crippen LogP contribution < -0.4 is 0 Å². The molecule has 0 atom stereocenters. The molecule has 0 aliphatic heterocycles. The van der Waals surface area contributed by atoms with Gasteiger partial charge < -0.3 is 0 Å². The van der Waals surface area contributed by atoms with E-state index >= 15 is 0 Å². The van der Waals surface area contributed by atoms with Gasteiger partial charge in [-0.2, -0.15) is 0 Å². The predicted octanol–water partition coefficient (Wildman–Crippen LogP) is 8.10. The van der Waals surface area contributed by atoms with E-state index < -0.39 is 0 Å². The van der Waals surface area contributed by atoms with Crippen LogP contribution in [0.3, 0.4) is 0 Å². The Hall–Kier alpha value is -3.12. The minimum absolute atomic E-state index is 1.03. The van der Waals surface area contributed by atoms with Gasteiger partial charge in [0.25, 0.3) is 0 Å². The lowest BCUT2D eigenvalue weighted by molar-refractivity contribution is 1.16. The largest absolute Gasteiger partial charge is 0.0590 e. The van der Waals surface area contributed by atoms with E-state index in [2.05, 4.69) is 126 Å². The summed E-state index contributed by atoms with van der Waals surface area (Å²) in [5.41, 5.74) is 12.3. The van der Waals surface area contributed by atoms with E-state index in [1.807, 2.05) is 0 Å². The van der Waals surface area contributed by atoms with Gasteiger partial charge in [-0.1, -0.05) is 108 Å². The summed E-state index contributed by atoms with van der Waals surface area (Å²) in [7, 11) is 0. The normalized spacial score (nSPS) is 10.4. The predicted molar refractivity (Wildman–Crippen MR) is 135 cm³/mol. The molecule has 0 bridgehead atoms. The molecule has 0 saturated carbocycles. The Labute approximate surface area is 188 Å². The smallest absolute Gasteiger partial charge is 0.00257 e. The molecule has 4 aromatic carbocycles. The summed E-state index contributed by atoms with van der Waals surface area (Å²) < 4.78 is 0. The number of rotatable bonds is 4. The van der Waals surface area contributed by atoms with Gasteiger partial charge in [0.15, 0.2) is 0 Å². The van der Waals surface area contributed by atoms with Gasteiger partial charge in [-0.3, -0.25) is 0 Å². The fourth-order valence-electron chi connectivity index (χ4n) is 3.50. The molecule has 0 amide bonds. The Kier molecular flexibility index (Phi) is 7.84. The standard InChI is InChI=1S/C16H18.C15H16/c1-12-4-7-15(8-5-12)11-16-9-6-13(2)14(3)10-16;1-12-3-7-14(8-4-12)11-15-9-5-13(2)6-10-15/h4-10H,11H2,1-3H3;3-10H,11H2,1-2H3. The van der Waals surface area contributed by atoms with Gasteiger partial charge in [0.05, 0.1) is 0 Å². The summed E-state index contributed by atoms with van der Waals surface area (Å²) in [6, 6.07) is 33.0. The van der Waals surface area contributed by atoms with Gasteiger partial charge in [-0.05, 0) is 80.8 Å². The van der Waals surface area contributed by atoms with Crippen LogP contribution in [-0.4, -0.2) is 0 Å². The second kappa shape index (κ2) is 10.8. The average Bonchev–Trinajstić information content (AvgIpc) is 2.76. The summed E-state index contributed by atoms with van der Waals surface area (Å²) in [6.07, 6.45) is 2.06. The van der Waals surface area contributed by atoms with Crippen LogP contribution in [0.2, 0.25) is 0 Å². The Morgan fingerprint density at radius 2 is 0.677 bits per heavy atom. The third-order valence-corrected chi connectivity index (χ3v) is 5.75. The molecular weight excluding hydrogens is 372 g/mol. The van der Waals surface area contributed by atoms with Gasteiger partial charge >= 0.3 is 0 Å². The van der Waals surface area contributed by atoms with Crippen LogP contribution in [0.25, 0.3) is 0 Å². The van der Waals surface area contributed by atoms with Gasteiger partial charge in [0, 0.05) is 0 Å². The summed E-state index contributed by atoms with van der Waals surface area (Å²) in [5, 5.41) is 0. The first kappa shape index (κ1) is 22.6. The van der Waals surface area contributed by atoms with E-state index in [4.69, 9.17) is 0 Å². The van der Waals surface area contributed by atoms with Crippen molar-refractivity contribution in [3.63, 3.8) is 0 Å². The second-order valence-electron chi connectivity index (χ2n) is 8.73. The highest BCUT2D eigenvalue weighted by molar-refractivity contribution is 5.34. The zero-order valence-electron chi connectivity index (χ0n) is 19.6. The van der Waals surface area contributed by atoms with Crippen LogP contribution in [0.5, 0.6) is 0 Å².